The average molecular weight is 387 g/mol. The number of hydrogen-bond donors (Lipinski definition) is 1. The molecule has 3 heterocycles. The first kappa shape index (κ1) is 19.1. The van der Waals surface area contributed by atoms with Crippen molar-refractivity contribution >= 4 is 11.8 Å². The molecule has 1 aromatic heterocycles. The third kappa shape index (κ3) is 4.79. The molecule has 1 N–H and O–H groups in total. The van der Waals surface area contributed by atoms with Crippen molar-refractivity contribution in [2.45, 2.75) is 45.2 Å². The lowest BCUT2D eigenvalue weighted by molar-refractivity contribution is -0.137. The summed E-state index contributed by atoms with van der Waals surface area (Å²) in [6.45, 7) is 5.19. The van der Waals surface area contributed by atoms with Crippen molar-refractivity contribution in [3.05, 3.63) is 24.0 Å². The van der Waals surface area contributed by atoms with Gasteiger partial charge in [-0.25, -0.2) is 0 Å². The molecule has 2 aliphatic heterocycles. The minimum absolute atomic E-state index is 0.0733. The van der Waals surface area contributed by atoms with Crippen LogP contribution in [-0.2, 0) is 22.7 Å². The van der Waals surface area contributed by atoms with E-state index in [-0.39, 0.29) is 11.8 Å². The number of carbonyl (C=O) groups is 2. The van der Waals surface area contributed by atoms with Crippen LogP contribution in [0.5, 0.6) is 0 Å². The Kier molecular flexibility index (Phi) is 6.04. The molecule has 28 heavy (non-hydrogen) atoms. The first-order chi connectivity index (χ1) is 13.7. The fourth-order valence-electron chi connectivity index (χ4n) is 4.43. The number of nitrogens with one attached hydrogen (secondary N) is 1. The van der Waals surface area contributed by atoms with E-state index >= 15 is 0 Å². The Morgan fingerprint density at radius 2 is 2.04 bits per heavy atom. The summed E-state index contributed by atoms with van der Waals surface area (Å²) >= 11 is 0. The number of rotatable bonds is 5. The molecule has 0 saturated carbocycles. The molecule has 4 rings (SSSR count). The maximum Gasteiger partial charge on any atom is 0.234 e. The number of likely N-dealkylation sites (tertiary alicyclic amines) is 1. The van der Waals surface area contributed by atoms with Crippen molar-refractivity contribution in [1.29, 1.82) is 0 Å². The fraction of sp³-hybridized carbons (Fsp3) is 0.700. The zero-order chi connectivity index (χ0) is 19.3. The van der Waals surface area contributed by atoms with Crippen LogP contribution in [0.4, 0.5) is 0 Å². The van der Waals surface area contributed by atoms with Gasteiger partial charge in [-0.1, -0.05) is 17.4 Å². The zero-order valence-electron chi connectivity index (χ0n) is 16.4. The van der Waals surface area contributed by atoms with Crippen LogP contribution in [0.25, 0.3) is 0 Å². The van der Waals surface area contributed by atoms with E-state index in [0.717, 1.165) is 64.0 Å². The van der Waals surface area contributed by atoms with Gasteiger partial charge in [0.1, 0.15) is 0 Å². The quantitative estimate of drug-likeness (QED) is 0.757. The van der Waals surface area contributed by atoms with Crippen LogP contribution in [0.1, 0.15) is 37.8 Å². The lowest BCUT2D eigenvalue weighted by Gasteiger charge is -2.34. The van der Waals surface area contributed by atoms with Gasteiger partial charge in [-0.05, 0) is 38.0 Å². The average Bonchev–Trinajstić information content (AvgIpc) is 3.15. The summed E-state index contributed by atoms with van der Waals surface area (Å²) in [5, 5.41) is 11.4. The van der Waals surface area contributed by atoms with E-state index in [4.69, 9.17) is 0 Å². The number of hydrogen-bond acceptors (Lipinski definition) is 5. The van der Waals surface area contributed by atoms with Gasteiger partial charge < -0.3 is 10.2 Å². The van der Waals surface area contributed by atoms with Crippen LogP contribution in [0.2, 0.25) is 0 Å². The number of nitrogens with zero attached hydrogens (tertiary/aromatic N) is 5. The van der Waals surface area contributed by atoms with Gasteiger partial charge in [-0.3, -0.25) is 19.2 Å². The Morgan fingerprint density at radius 1 is 1.18 bits per heavy atom. The van der Waals surface area contributed by atoms with Crippen molar-refractivity contribution in [3.8, 4) is 0 Å². The number of allylic oxidation sites excluding steroid dienone is 2. The molecule has 8 heteroatoms. The molecule has 0 unspecified atom stereocenters. The monoisotopic (exact) mass is 386 g/mol. The molecule has 0 radical (unpaired) electrons. The van der Waals surface area contributed by atoms with E-state index in [1.165, 1.54) is 0 Å². The van der Waals surface area contributed by atoms with Gasteiger partial charge in [0, 0.05) is 51.4 Å². The summed E-state index contributed by atoms with van der Waals surface area (Å²) in [7, 11) is 0. The standard InChI is InChI=1S/C20H30N6O2/c27-19-15-24(11-8-21-19)13-18-14-26(23-22-18)12-16-6-9-25(10-7-16)20(28)17-4-2-1-3-5-17/h1-2,14,16-17H,3-13,15H2,(H,21,27)/t17-/m1/s1. The molecule has 2 fully saturated rings. The van der Waals surface area contributed by atoms with Crippen LogP contribution in [-0.4, -0.2) is 69.3 Å². The third-order valence-electron chi connectivity index (χ3n) is 6.08. The van der Waals surface area contributed by atoms with Crippen molar-refractivity contribution in [1.82, 2.24) is 30.1 Å². The Morgan fingerprint density at radius 3 is 2.79 bits per heavy atom. The fourth-order valence-corrected chi connectivity index (χ4v) is 4.43. The molecule has 1 aromatic rings. The van der Waals surface area contributed by atoms with Gasteiger partial charge in [0.2, 0.25) is 11.8 Å². The molecular weight excluding hydrogens is 356 g/mol. The Balaban J connectivity index is 1.23. The lowest BCUT2D eigenvalue weighted by atomic mass is 9.91. The molecule has 8 nitrogen and oxygen atoms in total. The molecule has 2 amide bonds. The van der Waals surface area contributed by atoms with Gasteiger partial charge in [-0.2, -0.15) is 0 Å². The van der Waals surface area contributed by atoms with E-state index in [1.807, 2.05) is 10.9 Å². The molecular formula is C20H30N6O2. The summed E-state index contributed by atoms with van der Waals surface area (Å²) in [5.41, 5.74) is 0.910. The van der Waals surface area contributed by atoms with E-state index < -0.39 is 0 Å². The molecule has 1 atom stereocenters. The predicted octanol–water partition coefficient (Wildman–Crippen LogP) is 0.805. The zero-order valence-corrected chi connectivity index (χ0v) is 16.4. The van der Waals surface area contributed by atoms with Crippen molar-refractivity contribution in [2.24, 2.45) is 11.8 Å². The highest BCUT2D eigenvalue weighted by atomic mass is 16.2. The molecule has 0 spiro atoms. The highest BCUT2D eigenvalue weighted by molar-refractivity contribution is 5.79. The number of carbonyl (C=O) groups excluding carboxylic acids is 2. The highest BCUT2D eigenvalue weighted by Gasteiger charge is 2.28. The molecule has 2 saturated heterocycles. The second-order valence-electron chi connectivity index (χ2n) is 8.24. The summed E-state index contributed by atoms with van der Waals surface area (Å²) < 4.78 is 1.92. The first-order valence-electron chi connectivity index (χ1n) is 10.5. The molecule has 3 aliphatic rings. The van der Waals surface area contributed by atoms with Crippen LogP contribution in [0.15, 0.2) is 18.3 Å². The number of piperazine rings is 1. The van der Waals surface area contributed by atoms with Gasteiger partial charge in [0.25, 0.3) is 0 Å². The summed E-state index contributed by atoms with van der Waals surface area (Å²) in [6, 6.07) is 0. The molecule has 0 bridgehead atoms. The predicted molar refractivity (Wildman–Crippen MR) is 104 cm³/mol. The van der Waals surface area contributed by atoms with E-state index in [0.29, 0.717) is 31.5 Å². The van der Waals surface area contributed by atoms with E-state index in [9.17, 15) is 9.59 Å². The van der Waals surface area contributed by atoms with Crippen molar-refractivity contribution in [2.75, 3.05) is 32.7 Å². The lowest BCUT2D eigenvalue weighted by Crippen LogP contribution is -2.47. The second kappa shape index (κ2) is 8.86. The van der Waals surface area contributed by atoms with Crippen molar-refractivity contribution < 1.29 is 9.59 Å². The number of amides is 2. The topological polar surface area (TPSA) is 83.4 Å². The number of aromatic nitrogens is 3. The van der Waals surface area contributed by atoms with Gasteiger partial charge >= 0.3 is 0 Å². The van der Waals surface area contributed by atoms with Gasteiger partial charge in [0.15, 0.2) is 0 Å². The Hall–Kier alpha value is -2.22. The second-order valence-corrected chi connectivity index (χ2v) is 8.24. The number of piperidine rings is 1. The Labute approximate surface area is 165 Å². The summed E-state index contributed by atoms with van der Waals surface area (Å²) in [4.78, 5) is 28.3. The molecule has 152 valence electrons. The van der Waals surface area contributed by atoms with Crippen LogP contribution < -0.4 is 5.32 Å². The largest absolute Gasteiger partial charge is 0.354 e. The van der Waals surface area contributed by atoms with Crippen LogP contribution in [0, 0.1) is 11.8 Å². The van der Waals surface area contributed by atoms with Crippen LogP contribution >= 0.6 is 0 Å². The van der Waals surface area contributed by atoms with Crippen molar-refractivity contribution in [3.63, 3.8) is 0 Å². The van der Waals surface area contributed by atoms with Gasteiger partial charge in [0.05, 0.1) is 12.2 Å². The maximum absolute atomic E-state index is 12.7. The van der Waals surface area contributed by atoms with E-state index in [1.54, 1.807) is 0 Å². The van der Waals surface area contributed by atoms with Gasteiger partial charge in [-0.15, -0.1) is 5.10 Å². The maximum atomic E-state index is 12.7. The smallest absolute Gasteiger partial charge is 0.234 e. The third-order valence-corrected chi connectivity index (χ3v) is 6.08. The molecule has 1 aliphatic carbocycles. The molecule has 0 aromatic carbocycles. The minimum Gasteiger partial charge on any atom is -0.354 e. The summed E-state index contributed by atoms with van der Waals surface area (Å²) in [5.74, 6) is 1.14. The van der Waals surface area contributed by atoms with E-state index in [2.05, 4.69) is 37.6 Å². The minimum atomic E-state index is 0.0733. The normalized spacial score (nSPS) is 24.4. The highest BCUT2D eigenvalue weighted by Crippen LogP contribution is 2.25. The first-order valence-corrected chi connectivity index (χ1v) is 10.5. The Bertz CT molecular complexity index is 722. The van der Waals surface area contributed by atoms with Crippen LogP contribution in [0.3, 0.4) is 0 Å². The SMILES string of the molecule is O=C1CN(Cc2cn(CC3CCN(C(=O)[C@@H]4CC=CCC4)CC3)nn2)CCN1. The summed E-state index contributed by atoms with van der Waals surface area (Å²) in [6.07, 6.45) is 11.3.